The van der Waals surface area contributed by atoms with E-state index in [0.717, 1.165) is 5.56 Å². The number of nitrogens with zero attached hydrogens (tertiary/aromatic N) is 1. The Kier molecular flexibility index (Phi) is 7.62. The molecule has 0 aromatic heterocycles. The fourth-order valence-corrected chi connectivity index (χ4v) is 3.23. The van der Waals surface area contributed by atoms with Gasteiger partial charge in [-0.15, -0.1) is 12.4 Å². The minimum atomic E-state index is -3.70. The maximum atomic E-state index is 12.4. The third-order valence-electron chi connectivity index (χ3n) is 4.04. The molecule has 0 bridgehead atoms. The molecule has 2 rings (SSSR count). The van der Waals surface area contributed by atoms with Crippen LogP contribution in [0.2, 0.25) is 0 Å². The number of carbonyl (C=O) groups excluding carboxylic acids is 1. The molecule has 1 amide bonds. The average Bonchev–Trinajstić information content (AvgIpc) is 2.61. The van der Waals surface area contributed by atoms with Crippen LogP contribution in [0.3, 0.4) is 0 Å². The predicted octanol–water partition coefficient (Wildman–Crippen LogP) is 2.64. The van der Waals surface area contributed by atoms with Crippen LogP contribution >= 0.6 is 12.4 Å². The molecule has 0 aliphatic carbocycles. The number of halogens is 1. The molecule has 1 atom stereocenters. The molecule has 0 aliphatic heterocycles. The largest absolute Gasteiger partial charge is 0.338 e. The first-order valence-electron chi connectivity index (χ1n) is 7.91. The van der Waals surface area contributed by atoms with Gasteiger partial charge in [0.15, 0.2) is 0 Å². The maximum absolute atomic E-state index is 12.4. The maximum Gasteiger partial charge on any atom is 0.261 e. The minimum Gasteiger partial charge on any atom is -0.338 e. The van der Waals surface area contributed by atoms with E-state index in [-0.39, 0.29) is 29.3 Å². The third kappa shape index (κ3) is 5.20. The number of nitrogens with two attached hydrogens (primary N) is 1. The zero-order valence-electron chi connectivity index (χ0n) is 15.0. The van der Waals surface area contributed by atoms with Crippen LogP contribution < -0.4 is 10.5 Å². The second kappa shape index (κ2) is 9.02. The molecule has 0 spiro atoms. The van der Waals surface area contributed by atoms with Gasteiger partial charge in [-0.05, 0) is 50.2 Å². The molecule has 0 saturated carbocycles. The summed E-state index contributed by atoms with van der Waals surface area (Å²) < 4.78 is 27.4. The highest BCUT2D eigenvalue weighted by atomic mass is 35.5. The zero-order chi connectivity index (χ0) is 18.6. The van der Waals surface area contributed by atoms with Crippen molar-refractivity contribution >= 4 is 34.0 Å². The molecular weight excluding hydrogens is 374 g/mol. The van der Waals surface area contributed by atoms with Crippen molar-refractivity contribution in [2.24, 2.45) is 5.73 Å². The summed E-state index contributed by atoms with van der Waals surface area (Å²) in [5.74, 6) is -0.201. The topological polar surface area (TPSA) is 92.5 Å². The Morgan fingerprint density at radius 1 is 1.12 bits per heavy atom. The lowest BCUT2D eigenvalue weighted by Gasteiger charge is -2.23. The van der Waals surface area contributed by atoms with E-state index in [9.17, 15) is 13.2 Å². The van der Waals surface area contributed by atoms with E-state index in [1.807, 2.05) is 26.0 Å². The van der Waals surface area contributed by atoms with Gasteiger partial charge in [-0.1, -0.05) is 17.7 Å². The molecule has 0 radical (unpaired) electrons. The van der Waals surface area contributed by atoms with Crippen molar-refractivity contribution in [3.05, 3.63) is 59.7 Å². The van der Waals surface area contributed by atoms with E-state index in [4.69, 9.17) is 5.73 Å². The van der Waals surface area contributed by atoms with E-state index in [1.54, 1.807) is 19.2 Å². The summed E-state index contributed by atoms with van der Waals surface area (Å²) in [5.41, 5.74) is 7.52. The summed E-state index contributed by atoms with van der Waals surface area (Å²) in [7, 11) is -2.03. The summed E-state index contributed by atoms with van der Waals surface area (Å²) >= 11 is 0. The highest BCUT2D eigenvalue weighted by Crippen LogP contribution is 2.18. The van der Waals surface area contributed by atoms with Crippen LogP contribution in [-0.4, -0.2) is 38.9 Å². The van der Waals surface area contributed by atoms with Crippen LogP contribution in [0.4, 0.5) is 5.69 Å². The summed E-state index contributed by atoms with van der Waals surface area (Å²) in [6.07, 6.45) is 0. The van der Waals surface area contributed by atoms with Gasteiger partial charge in [0, 0.05) is 30.9 Å². The van der Waals surface area contributed by atoms with Crippen molar-refractivity contribution in [2.75, 3.05) is 18.3 Å². The number of nitrogens with one attached hydrogen (secondary N) is 1. The highest BCUT2D eigenvalue weighted by Gasteiger charge is 2.18. The Morgan fingerprint density at radius 2 is 1.65 bits per heavy atom. The lowest BCUT2D eigenvalue weighted by Crippen LogP contribution is -2.39. The number of anilines is 1. The van der Waals surface area contributed by atoms with Gasteiger partial charge in [0.1, 0.15) is 0 Å². The molecule has 26 heavy (non-hydrogen) atoms. The van der Waals surface area contributed by atoms with Crippen molar-refractivity contribution < 1.29 is 13.2 Å². The minimum absolute atomic E-state index is 0. The number of sulfonamides is 1. The van der Waals surface area contributed by atoms with Crippen LogP contribution in [0.25, 0.3) is 0 Å². The van der Waals surface area contributed by atoms with Crippen LogP contribution in [0, 0.1) is 6.92 Å². The zero-order valence-corrected chi connectivity index (χ0v) is 16.6. The SMILES string of the molecule is Cc1ccc(NS(=O)(=O)c2ccc(C(=O)N(C)C(C)CN)cc2)cc1.Cl. The molecule has 0 aliphatic rings. The molecule has 142 valence electrons. The average molecular weight is 398 g/mol. The molecule has 0 heterocycles. The Hall–Kier alpha value is -2.09. The quantitative estimate of drug-likeness (QED) is 0.783. The summed E-state index contributed by atoms with van der Waals surface area (Å²) in [6.45, 7) is 4.13. The van der Waals surface area contributed by atoms with Crippen LogP contribution in [-0.2, 0) is 10.0 Å². The van der Waals surface area contributed by atoms with E-state index < -0.39 is 10.0 Å². The van der Waals surface area contributed by atoms with Gasteiger partial charge in [0.25, 0.3) is 15.9 Å². The molecule has 1 unspecified atom stereocenters. The van der Waals surface area contributed by atoms with Crippen molar-refractivity contribution in [1.82, 2.24) is 4.90 Å². The Labute approximate surface area is 160 Å². The smallest absolute Gasteiger partial charge is 0.261 e. The first-order chi connectivity index (χ1) is 11.7. The number of benzene rings is 2. The fourth-order valence-electron chi connectivity index (χ4n) is 2.17. The van der Waals surface area contributed by atoms with Crippen molar-refractivity contribution in [3.8, 4) is 0 Å². The van der Waals surface area contributed by atoms with E-state index in [0.29, 0.717) is 17.8 Å². The number of aryl methyl sites for hydroxylation is 1. The second-order valence-electron chi connectivity index (χ2n) is 6.00. The molecule has 2 aromatic rings. The normalized spacial score (nSPS) is 12.0. The lowest BCUT2D eigenvalue weighted by atomic mass is 10.2. The number of hydrogen-bond donors (Lipinski definition) is 2. The summed E-state index contributed by atoms with van der Waals surface area (Å²) in [4.78, 5) is 14.0. The molecule has 0 saturated heterocycles. The fraction of sp³-hybridized carbons (Fsp3) is 0.278. The van der Waals surface area contributed by atoms with Gasteiger partial charge in [-0.2, -0.15) is 0 Å². The van der Waals surface area contributed by atoms with Gasteiger partial charge in [0.2, 0.25) is 0 Å². The number of amides is 1. The van der Waals surface area contributed by atoms with Gasteiger partial charge in [-0.3, -0.25) is 9.52 Å². The van der Waals surface area contributed by atoms with Gasteiger partial charge in [-0.25, -0.2) is 8.42 Å². The Balaban J connectivity index is 0.00000338. The Bertz CT molecular complexity index is 837. The molecular formula is C18H24ClN3O3S. The first-order valence-corrected chi connectivity index (χ1v) is 9.39. The van der Waals surface area contributed by atoms with Crippen LogP contribution in [0.5, 0.6) is 0 Å². The number of hydrogen-bond acceptors (Lipinski definition) is 4. The monoisotopic (exact) mass is 397 g/mol. The van der Waals surface area contributed by atoms with Crippen molar-refractivity contribution in [2.45, 2.75) is 24.8 Å². The molecule has 0 fully saturated rings. The second-order valence-corrected chi connectivity index (χ2v) is 7.68. The van der Waals surface area contributed by atoms with Gasteiger partial charge < -0.3 is 10.6 Å². The first kappa shape index (κ1) is 22.0. The standard InChI is InChI=1S/C18H23N3O3S.ClH/c1-13-4-8-16(9-5-13)20-25(23,24)17-10-6-15(7-11-17)18(22)21(3)14(2)12-19;/h4-11,14,20H,12,19H2,1-3H3;1H. The van der Waals surface area contributed by atoms with Crippen molar-refractivity contribution in [1.29, 1.82) is 0 Å². The van der Waals surface area contributed by atoms with Crippen molar-refractivity contribution in [3.63, 3.8) is 0 Å². The van der Waals surface area contributed by atoms with Gasteiger partial charge >= 0.3 is 0 Å². The molecule has 2 aromatic carbocycles. The van der Waals surface area contributed by atoms with E-state index >= 15 is 0 Å². The van der Waals surface area contributed by atoms with Crippen LogP contribution in [0.1, 0.15) is 22.8 Å². The predicted molar refractivity (Wildman–Crippen MR) is 106 cm³/mol. The number of rotatable bonds is 6. The van der Waals surface area contributed by atoms with E-state index in [1.165, 1.54) is 29.2 Å². The number of likely N-dealkylation sites (N-methyl/N-ethyl adjacent to an activating group) is 1. The van der Waals surface area contributed by atoms with Crippen LogP contribution in [0.15, 0.2) is 53.4 Å². The highest BCUT2D eigenvalue weighted by molar-refractivity contribution is 7.92. The number of carbonyl (C=O) groups is 1. The molecule has 6 nitrogen and oxygen atoms in total. The van der Waals surface area contributed by atoms with Gasteiger partial charge in [0.05, 0.1) is 4.90 Å². The summed E-state index contributed by atoms with van der Waals surface area (Å²) in [5, 5.41) is 0. The summed E-state index contributed by atoms with van der Waals surface area (Å²) in [6, 6.07) is 12.8. The third-order valence-corrected chi connectivity index (χ3v) is 5.44. The van der Waals surface area contributed by atoms with E-state index in [2.05, 4.69) is 4.72 Å². The molecule has 8 heteroatoms. The Morgan fingerprint density at radius 3 is 2.15 bits per heavy atom. The lowest BCUT2D eigenvalue weighted by molar-refractivity contribution is 0.0748. The molecule has 3 N–H and O–H groups in total.